The predicted molar refractivity (Wildman–Crippen MR) is 66.2 cm³/mol. The van der Waals surface area contributed by atoms with Crippen molar-refractivity contribution < 1.29 is 21.2 Å². The van der Waals surface area contributed by atoms with E-state index in [0.29, 0.717) is 0 Å². The average molecular weight is 329 g/mol. The number of halogens is 1. The summed E-state index contributed by atoms with van der Waals surface area (Å²) in [6.07, 6.45) is 0. The molecule has 0 saturated heterocycles. The Balaban J connectivity index is 1.94. The van der Waals surface area contributed by atoms with E-state index in [1.165, 1.54) is 3.57 Å². The van der Waals surface area contributed by atoms with Gasteiger partial charge in [-0.25, -0.2) is 0 Å². The van der Waals surface area contributed by atoms with Gasteiger partial charge in [0, 0.05) is 11.5 Å². The highest BCUT2D eigenvalue weighted by molar-refractivity contribution is 5.38. The molecule has 80 valence electrons. The molecule has 0 spiro atoms. The Kier molecular flexibility index (Phi) is 4.69. The van der Waals surface area contributed by atoms with E-state index in [-0.39, 0.29) is 21.2 Å². The molecule has 2 rings (SSSR count). The van der Waals surface area contributed by atoms with Crippen molar-refractivity contribution in [1.29, 1.82) is 0 Å². The number of hydrogen-bond donors (Lipinski definition) is 0. The molecule has 0 radical (unpaired) electrons. The first-order valence-electron chi connectivity index (χ1n) is 5.20. The van der Waals surface area contributed by atoms with Crippen molar-refractivity contribution in [2.75, 3.05) is 0 Å². The molecule has 2 aromatic carbocycles. The fourth-order valence-electron chi connectivity index (χ4n) is 1.20. The summed E-state index contributed by atoms with van der Waals surface area (Å²) in [5.41, 5.74) is 1.01. The molecule has 17 heavy (non-hydrogen) atoms. The minimum atomic E-state index is -0.219. The second-order valence-electron chi connectivity index (χ2n) is 3.23. The zero-order valence-corrected chi connectivity index (χ0v) is 11.3. The topological polar surface area (TPSA) is 0 Å². The summed E-state index contributed by atoms with van der Waals surface area (Å²) >= 11 is -0.219. The summed E-state index contributed by atoms with van der Waals surface area (Å²) in [5.74, 6) is 8.83. The van der Waals surface area contributed by atoms with Gasteiger partial charge in [-0.3, -0.25) is 0 Å². The molecule has 0 aromatic heterocycles. The Morgan fingerprint density at radius 3 is 2.06 bits per heavy atom. The maximum absolute atomic E-state index is 3.16. The zero-order valence-electron chi connectivity index (χ0n) is 9.15. The van der Waals surface area contributed by atoms with Crippen LogP contribution in [0, 0.1) is 25.3 Å². The van der Waals surface area contributed by atoms with Gasteiger partial charge in [0.1, 0.15) is 0 Å². The van der Waals surface area contributed by atoms with Gasteiger partial charge >= 0.3 is 21.2 Å². The lowest BCUT2D eigenvalue weighted by Crippen LogP contribution is -3.59. The second kappa shape index (κ2) is 6.78. The molecule has 0 heterocycles. The maximum Gasteiger partial charge on any atom is 0.420 e. The highest BCUT2D eigenvalue weighted by Gasteiger charge is 2.05. The number of rotatable bonds is 1. The molecule has 0 N–H and O–H groups in total. The molecule has 0 bridgehead atoms. The normalized spacial score (nSPS) is 8.47. The Bertz CT molecular complexity index is 577. The summed E-state index contributed by atoms with van der Waals surface area (Å²) in [4.78, 5) is 0. The van der Waals surface area contributed by atoms with E-state index in [2.05, 4.69) is 33.8 Å². The van der Waals surface area contributed by atoms with E-state index in [0.717, 1.165) is 5.56 Å². The molecule has 0 nitrogen and oxygen atoms in total. The Morgan fingerprint density at radius 2 is 1.35 bits per heavy atom. The minimum absolute atomic E-state index is 0.219. The first kappa shape index (κ1) is 11.8. The lowest BCUT2D eigenvalue weighted by atomic mass is 10.2. The number of benzene rings is 2. The third kappa shape index (κ3) is 4.34. The molecule has 0 atom stereocenters. The Morgan fingerprint density at radius 1 is 0.706 bits per heavy atom. The summed E-state index contributed by atoms with van der Waals surface area (Å²) in [6.45, 7) is 0. The van der Waals surface area contributed by atoms with Gasteiger partial charge < -0.3 is 0 Å². The maximum atomic E-state index is 3.16. The monoisotopic (exact) mass is 329 g/mol. The molecule has 0 aliphatic carbocycles. The highest BCUT2D eigenvalue weighted by atomic mass is 127. The molecule has 0 aliphatic rings. The van der Waals surface area contributed by atoms with Crippen LogP contribution in [-0.2, 0) is 0 Å². The van der Waals surface area contributed by atoms with E-state index in [9.17, 15) is 0 Å². The standard InChI is InChI=1S/C16H10I/c1-3-9-15(10-4-1)11-7-8-14-17-16-12-5-2-6-13-16/h1-6,9-10,12-13H/q+1. The van der Waals surface area contributed by atoms with Gasteiger partial charge in [-0.15, -0.1) is 0 Å². The summed E-state index contributed by atoms with van der Waals surface area (Å²) in [7, 11) is 0. The lowest BCUT2D eigenvalue weighted by Gasteiger charge is -1.83. The van der Waals surface area contributed by atoms with Crippen molar-refractivity contribution in [1.82, 2.24) is 0 Å². The van der Waals surface area contributed by atoms with Crippen molar-refractivity contribution in [3.8, 4) is 21.7 Å². The lowest BCUT2D eigenvalue weighted by molar-refractivity contribution is -0.535. The molecule has 0 amide bonds. The van der Waals surface area contributed by atoms with Gasteiger partial charge in [0.25, 0.3) is 0 Å². The SMILES string of the molecule is C(C#Cc1ccccc1)#C[I+]c1ccccc1. The van der Waals surface area contributed by atoms with Crippen LogP contribution in [-0.4, -0.2) is 0 Å². The van der Waals surface area contributed by atoms with Crippen LogP contribution in [0.3, 0.4) is 0 Å². The quantitative estimate of drug-likeness (QED) is 0.509. The van der Waals surface area contributed by atoms with E-state index in [1.807, 2.05) is 48.5 Å². The van der Waals surface area contributed by atoms with Crippen LogP contribution in [0.15, 0.2) is 60.7 Å². The first-order valence-corrected chi connectivity index (χ1v) is 7.36. The minimum Gasteiger partial charge on any atom is -0.0622 e. The van der Waals surface area contributed by atoms with Crippen LogP contribution in [0.2, 0.25) is 0 Å². The van der Waals surface area contributed by atoms with Crippen LogP contribution in [0.1, 0.15) is 5.56 Å². The van der Waals surface area contributed by atoms with Crippen LogP contribution < -0.4 is 21.2 Å². The van der Waals surface area contributed by atoms with Crippen LogP contribution in [0.25, 0.3) is 0 Å². The molecular formula is C16H10I+. The third-order valence-electron chi connectivity index (χ3n) is 1.98. The van der Waals surface area contributed by atoms with Crippen LogP contribution in [0.5, 0.6) is 0 Å². The average Bonchev–Trinajstić information content (AvgIpc) is 2.41. The Labute approximate surface area is 112 Å². The largest absolute Gasteiger partial charge is 0.420 e. The van der Waals surface area contributed by atoms with Gasteiger partial charge in [0.2, 0.25) is 7.50 Å². The van der Waals surface area contributed by atoms with Gasteiger partial charge in [0.05, 0.1) is 0 Å². The van der Waals surface area contributed by atoms with Crippen LogP contribution >= 0.6 is 0 Å². The molecule has 0 saturated carbocycles. The van der Waals surface area contributed by atoms with Gasteiger partial charge in [0.15, 0.2) is 0 Å². The van der Waals surface area contributed by atoms with Gasteiger partial charge in [-0.1, -0.05) is 42.3 Å². The van der Waals surface area contributed by atoms with Crippen LogP contribution in [0.4, 0.5) is 0 Å². The van der Waals surface area contributed by atoms with Crippen molar-refractivity contribution in [3.05, 3.63) is 69.8 Å². The molecule has 0 unspecified atom stereocenters. The summed E-state index contributed by atoms with van der Waals surface area (Å²) in [5, 5.41) is 0. The van der Waals surface area contributed by atoms with E-state index < -0.39 is 0 Å². The van der Waals surface area contributed by atoms with Crippen molar-refractivity contribution >= 4 is 0 Å². The molecular weight excluding hydrogens is 319 g/mol. The molecule has 1 heteroatoms. The van der Waals surface area contributed by atoms with E-state index in [1.54, 1.807) is 0 Å². The summed E-state index contributed by atoms with van der Waals surface area (Å²) < 4.78 is 4.49. The van der Waals surface area contributed by atoms with Gasteiger partial charge in [-0.05, 0) is 30.2 Å². The predicted octanol–water partition coefficient (Wildman–Crippen LogP) is -0.0422. The number of hydrogen-bond acceptors (Lipinski definition) is 0. The Hall–Kier alpha value is -1.71. The summed E-state index contributed by atoms with van der Waals surface area (Å²) in [6, 6.07) is 20.3. The molecule has 0 fully saturated rings. The highest BCUT2D eigenvalue weighted by Crippen LogP contribution is 1.93. The van der Waals surface area contributed by atoms with Crippen molar-refractivity contribution in [2.24, 2.45) is 0 Å². The van der Waals surface area contributed by atoms with E-state index >= 15 is 0 Å². The van der Waals surface area contributed by atoms with Gasteiger partial charge in [-0.2, -0.15) is 0 Å². The second-order valence-corrected chi connectivity index (χ2v) is 5.55. The van der Waals surface area contributed by atoms with Crippen molar-refractivity contribution in [3.63, 3.8) is 0 Å². The molecule has 0 aliphatic heterocycles. The van der Waals surface area contributed by atoms with Crippen molar-refractivity contribution in [2.45, 2.75) is 0 Å². The van der Waals surface area contributed by atoms with E-state index in [4.69, 9.17) is 0 Å². The fourth-order valence-corrected chi connectivity index (χ4v) is 2.56. The smallest absolute Gasteiger partial charge is 0.0622 e. The first-order chi connectivity index (χ1) is 8.45. The zero-order chi connectivity index (χ0) is 11.8. The fraction of sp³-hybridized carbons (Fsp3) is 0. The molecule has 2 aromatic rings. The third-order valence-corrected chi connectivity index (χ3v) is 3.86.